The predicted octanol–water partition coefficient (Wildman–Crippen LogP) is 2.56. The molecule has 0 aliphatic carbocycles. The van der Waals surface area contributed by atoms with Gasteiger partial charge in [0.15, 0.2) is 0 Å². The summed E-state index contributed by atoms with van der Waals surface area (Å²) in [4.78, 5) is 13.8. The van der Waals surface area contributed by atoms with E-state index in [0.29, 0.717) is 18.7 Å². The molecule has 2 aromatic rings. The summed E-state index contributed by atoms with van der Waals surface area (Å²) in [5.41, 5.74) is 0.529. The van der Waals surface area contributed by atoms with Crippen LogP contribution in [0, 0.1) is 5.82 Å². The Kier molecular flexibility index (Phi) is 4.58. The minimum absolute atomic E-state index is 0.0697. The first-order valence-corrected chi connectivity index (χ1v) is 9.08. The van der Waals surface area contributed by atoms with Crippen LogP contribution in [-0.4, -0.2) is 26.9 Å². The fourth-order valence-corrected chi connectivity index (χ4v) is 4.32. The van der Waals surface area contributed by atoms with Crippen LogP contribution >= 0.6 is 11.6 Å². The molecular formula is C16H14ClFN2O3S. The molecule has 0 bridgehead atoms. The molecule has 5 nitrogen and oxygen atoms in total. The first-order valence-electron chi connectivity index (χ1n) is 7.22. The zero-order valence-corrected chi connectivity index (χ0v) is 14.0. The molecular weight excluding hydrogens is 355 g/mol. The molecule has 126 valence electrons. The molecule has 1 atom stereocenters. The molecule has 1 heterocycles. The van der Waals surface area contributed by atoms with Crippen LogP contribution in [0.15, 0.2) is 53.4 Å². The first kappa shape index (κ1) is 16.9. The van der Waals surface area contributed by atoms with Gasteiger partial charge in [0.25, 0.3) is 0 Å². The third kappa shape index (κ3) is 3.28. The van der Waals surface area contributed by atoms with E-state index in [1.54, 1.807) is 12.1 Å². The summed E-state index contributed by atoms with van der Waals surface area (Å²) in [5, 5.41) is 0.0887. The van der Waals surface area contributed by atoms with E-state index in [1.165, 1.54) is 41.3 Å². The van der Waals surface area contributed by atoms with E-state index < -0.39 is 21.9 Å². The number of hydrogen-bond donors (Lipinski definition) is 1. The smallest absolute Gasteiger partial charge is 0.245 e. The van der Waals surface area contributed by atoms with Gasteiger partial charge < -0.3 is 4.90 Å². The first-order chi connectivity index (χ1) is 11.4. The summed E-state index contributed by atoms with van der Waals surface area (Å²) in [7, 11) is -3.91. The van der Waals surface area contributed by atoms with Crippen LogP contribution in [0.5, 0.6) is 0 Å². The summed E-state index contributed by atoms with van der Waals surface area (Å²) in [5.74, 6) is -0.779. The third-order valence-electron chi connectivity index (χ3n) is 3.77. The highest BCUT2D eigenvalue weighted by atomic mass is 35.5. The second kappa shape index (κ2) is 6.51. The Bertz CT molecular complexity index is 871. The molecule has 1 amide bonds. The van der Waals surface area contributed by atoms with Crippen LogP contribution in [0.4, 0.5) is 10.1 Å². The van der Waals surface area contributed by atoms with Crippen molar-refractivity contribution < 1.29 is 17.6 Å². The van der Waals surface area contributed by atoms with E-state index in [0.717, 1.165) is 0 Å². The second-order valence-corrected chi connectivity index (χ2v) is 7.45. The number of nitrogens with zero attached hydrogens (tertiary/aromatic N) is 1. The van der Waals surface area contributed by atoms with Gasteiger partial charge in [-0.15, -0.1) is 0 Å². The van der Waals surface area contributed by atoms with Gasteiger partial charge in [-0.3, -0.25) is 4.79 Å². The van der Waals surface area contributed by atoms with Gasteiger partial charge in [-0.2, -0.15) is 4.72 Å². The Morgan fingerprint density at radius 1 is 1.12 bits per heavy atom. The Morgan fingerprint density at radius 3 is 2.46 bits per heavy atom. The number of halogens is 2. The van der Waals surface area contributed by atoms with Gasteiger partial charge in [-0.1, -0.05) is 23.7 Å². The molecule has 1 aliphatic heterocycles. The lowest BCUT2D eigenvalue weighted by Crippen LogP contribution is -2.41. The predicted molar refractivity (Wildman–Crippen MR) is 88.9 cm³/mol. The number of hydrogen-bond acceptors (Lipinski definition) is 3. The summed E-state index contributed by atoms with van der Waals surface area (Å²) in [6.45, 7) is 0.347. The van der Waals surface area contributed by atoms with Gasteiger partial charge >= 0.3 is 0 Å². The number of anilines is 1. The van der Waals surface area contributed by atoms with E-state index in [-0.39, 0.29) is 15.8 Å². The quantitative estimate of drug-likeness (QED) is 0.902. The van der Waals surface area contributed by atoms with Crippen LogP contribution in [0.25, 0.3) is 0 Å². The highest BCUT2D eigenvalue weighted by Crippen LogP contribution is 2.25. The lowest BCUT2D eigenvalue weighted by molar-refractivity contribution is -0.118. The SMILES string of the molecule is O=C1[C@@H](NS(=O)(=O)c2ccccc2Cl)CCN1c1ccc(F)cc1. The molecule has 24 heavy (non-hydrogen) atoms. The number of sulfonamides is 1. The Morgan fingerprint density at radius 2 is 1.79 bits per heavy atom. The highest BCUT2D eigenvalue weighted by Gasteiger charge is 2.36. The number of amides is 1. The fraction of sp³-hybridized carbons (Fsp3) is 0.188. The Labute approximate surface area is 144 Å². The average Bonchev–Trinajstić information content (AvgIpc) is 2.89. The molecule has 1 saturated heterocycles. The maximum Gasteiger partial charge on any atom is 0.245 e. The number of nitrogens with one attached hydrogen (secondary N) is 1. The van der Waals surface area contributed by atoms with Crippen LogP contribution in [-0.2, 0) is 14.8 Å². The van der Waals surface area contributed by atoms with Gasteiger partial charge in [-0.25, -0.2) is 12.8 Å². The van der Waals surface area contributed by atoms with E-state index in [9.17, 15) is 17.6 Å². The molecule has 0 radical (unpaired) electrons. The van der Waals surface area contributed by atoms with Gasteiger partial charge in [0.05, 0.1) is 5.02 Å². The zero-order chi connectivity index (χ0) is 17.3. The molecule has 0 saturated carbocycles. The topological polar surface area (TPSA) is 66.5 Å². The van der Waals surface area contributed by atoms with E-state index in [4.69, 9.17) is 11.6 Å². The van der Waals surface area contributed by atoms with Crippen molar-refractivity contribution in [2.24, 2.45) is 0 Å². The second-order valence-electron chi connectivity index (χ2n) is 5.36. The Hall–Kier alpha value is -1.96. The minimum Gasteiger partial charge on any atom is -0.311 e. The normalized spacial score (nSPS) is 18.2. The molecule has 1 aliphatic rings. The molecule has 1 fully saturated rings. The molecule has 8 heteroatoms. The Balaban J connectivity index is 1.79. The molecule has 2 aromatic carbocycles. The van der Waals surface area contributed by atoms with E-state index >= 15 is 0 Å². The number of benzene rings is 2. The van der Waals surface area contributed by atoms with Crippen molar-refractivity contribution in [3.8, 4) is 0 Å². The van der Waals surface area contributed by atoms with Crippen LogP contribution in [0.3, 0.4) is 0 Å². The molecule has 0 spiro atoms. The molecule has 0 unspecified atom stereocenters. The van der Waals surface area contributed by atoms with Crippen LogP contribution in [0.1, 0.15) is 6.42 Å². The van der Waals surface area contributed by atoms with E-state index in [2.05, 4.69) is 4.72 Å². The average molecular weight is 369 g/mol. The number of carbonyl (C=O) groups is 1. The number of carbonyl (C=O) groups excluding carboxylic acids is 1. The van der Waals surface area contributed by atoms with Crippen molar-refractivity contribution in [3.63, 3.8) is 0 Å². The number of rotatable bonds is 4. The van der Waals surface area contributed by atoms with Crippen LogP contribution in [0.2, 0.25) is 5.02 Å². The van der Waals surface area contributed by atoms with Crippen molar-refractivity contribution in [2.75, 3.05) is 11.4 Å². The standard InChI is InChI=1S/C16H14ClFN2O3S/c17-13-3-1-2-4-15(13)24(22,23)19-14-9-10-20(16(14)21)12-7-5-11(18)6-8-12/h1-8,14,19H,9-10H2/t14-/m0/s1. The lowest BCUT2D eigenvalue weighted by Gasteiger charge is -2.17. The lowest BCUT2D eigenvalue weighted by atomic mass is 10.3. The third-order valence-corrected chi connectivity index (χ3v) is 5.74. The van der Waals surface area contributed by atoms with Crippen molar-refractivity contribution in [1.29, 1.82) is 0 Å². The van der Waals surface area contributed by atoms with Gasteiger partial charge in [0, 0.05) is 12.2 Å². The van der Waals surface area contributed by atoms with Crippen LogP contribution < -0.4 is 9.62 Å². The van der Waals surface area contributed by atoms with E-state index in [1.807, 2.05) is 0 Å². The van der Waals surface area contributed by atoms with Crippen molar-refractivity contribution in [1.82, 2.24) is 4.72 Å². The summed E-state index contributed by atoms with van der Waals surface area (Å²) in [6, 6.07) is 10.6. The molecule has 0 aromatic heterocycles. The fourth-order valence-electron chi connectivity index (χ4n) is 2.58. The largest absolute Gasteiger partial charge is 0.311 e. The summed E-state index contributed by atoms with van der Waals surface area (Å²) >= 11 is 5.92. The van der Waals surface area contributed by atoms with Gasteiger partial charge in [0.1, 0.15) is 16.8 Å². The molecule has 3 rings (SSSR count). The zero-order valence-electron chi connectivity index (χ0n) is 12.4. The van der Waals surface area contributed by atoms with Crippen molar-refractivity contribution >= 4 is 33.2 Å². The monoisotopic (exact) mass is 368 g/mol. The maximum atomic E-state index is 13.0. The molecule has 1 N–H and O–H groups in total. The summed E-state index contributed by atoms with van der Waals surface area (Å²) in [6.07, 6.45) is 0.319. The maximum absolute atomic E-state index is 13.0. The van der Waals surface area contributed by atoms with Gasteiger partial charge in [0.2, 0.25) is 15.9 Å². The van der Waals surface area contributed by atoms with Crippen molar-refractivity contribution in [3.05, 3.63) is 59.4 Å². The summed E-state index contributed by atoms with van der Waals surface area (Å²) < 4.78 is 40.2. The van der Waals surface area contributed by atoms with Gasteiger partial charge in [-0.05, 0) is 42.8 Å². The highest BCUT2D eigenvalue weighted by molar-refractivity contribution is 7.89. The van der Waals surface area contributed by atoms with Crippen molar-refractivity contribution in [2.45, 2.75) is 17.4 Å². The minimum atomic E-state index is -3.91.